The summed E-state index contributed by atoms with van der Waals surface area (Å²) in [6.07, 6.45) is 0. The molecule has 0 bridgehead atoms. The highest BCUT2D eigenvalue weighted by Crippen LogP contribution is 2.03. The standard InChI is InChI=1S/C15H25N5O2/c1-12(2)11-17-15(21)13-3-4-14(19-18-13)16-5-6-20-7-9-22-10-8-20/h3-4,12H,5-11H2,1-2H3,(H,16,19)(H,17,21). The van der Waals surface area contributed by atoms with Gasteiger partial charge in [-0.15, -0.1) is 10.2 Å². The lowest BCUT2D eigenvalue weighted by Crippen LogP contribution is -2.39. The molecule has 122 valence electrons. The fourth-order valence-corrected chi connectivity index (χ4v) is 2.10. The number of carbonyl (C=O) groups excluding carboxylic acids is 1. The van der Waals surface area contributed by atoms with Crippen molar-refractivity contribution in [2.24, 2.45) is 5.92 Å². The molecule has 1 fully saturated rings. The van der Waals surface area contributed by atoms with Crippen molar-refractivity contribution in [1.29, 1.82) is 0 Å². The van der Waals surface area contributed by atoms with Crippen molar-refractivity contribution in [2.75, 3.05) is 51.3 Å². The summed E-state index contributed by atoms with van der Waals surface area (Å²) in [5, 5.41) is 14.1. The molecule has 2 N–H and O–H groups in total. The molecule has 2 rings (SSSR count). The molecule has 1 saturated heterocycles. The highest BCUT2D eigenvalue weighted by molar-refractivity contribution is 5.92. The summed E-state index contributed by atoms with van der Waals surface area (Å²) in [4.78, 5) is 14.2. The second kappa shape index (κ2) is 8.65. The van der Waals surface area contributed by atoms with Crippen LogP contribution in [0.1, 0.15) is 24.3 Å². The number of ether oxygens (including phenoxy) is 1. The van der Waals surface area contributed by atoms with E-state index >= 15 is 0 Å². The molecule has 0 unspecified atom stereocenters. The van der Waals surface area contributed by atoms with E-state index in [1.54, 1.807) is 12.1 Å². The van der Waals surface area contributed by atoms with Crippen LogP contribution in [0.15, 0.2) is 12.1 Å². The second-order valence-corrected chi connectivity index (χ2v) is 5.79. The third kappa shape index (κ3) is 5.57. The van der Waals surface area contributed by atoms with Crippen molar-refractivity contribution in [3.8, 4) is 0 Å². The van der Waals surface area contributed by atoms with Crippen LogP contribution in [0, 0.1) is 5.92 Å². The van der Waals surface area contributed by atoms with Crippen molar-refractivity contribution in [3.63, 3.8) is 0 Å². The lowest BCUT2D eigenvalue weighted by Gasteiger charge is -2.26. The SMILES string of the molecule is CC(C)CNC(=O)c1ccc(NCCN2CCOCC2)nn1. The third-order valence-corrected chi connectivity index (χ3v) is 3.41. The van der Waals surface area contributed by atoms with Crippen LogP contribution in [-0.2, 0) is 4.74 Å². The van der Waals surface area contributed by atoms with Gasteiger partial charge in [0.25, 0.3) is 5.91 Å². The zero-order valence-corrected chi connectivity index (χ0v) is 13.3. The molecule has 7 nitrogen and oxygen atoms in total. The summed E-state index contributed by atoms with van der Waals surface area (Å²) in [5.74, 6) is 0.924. The Morgan fingerprint density at radius 3 is 2.73 bits per heavy atom. The molecule has 0 aliphatic carbocycles. The molecule has 1 aliphatic rings. The number of morpholine rings is 1. The smallest absolute Gasteiger partial charge is 0.271 e. The predicted octanol–water partition coefficient (Wildman–Crippen LogP) is 0.607. The van der Waals surface area contributed by atoms with Gasteiger partial charge in [0, 0.05) is 32.7 Å². The fourth-order valence-electron chi connectivity index (χ4n) is 2.10. The second-order valence-electron chi connectivity index (χ2n) is 5.79. The van der Waals surface area contributed by atoms with Gasteiger partial charge in [-0.2, -0.15) is 0 Å². The molecule has 2 heterocycles. The summed E-state index contributed by atoms with van der Waals surface area (Å²) in [6, 6.07) is 3.48. The van der Waals surface area contributed by atoms with E-state index in [1.165, 1.54) is 0 Å². The van der Waals surface area contributed by atoms with Crippen molar-refractivity contribution >= 4 is 11.7 Å². The monoisotopic (exact) mass is 307 g/mol. The number of anilines is 1. The molecular weight excluding hydrogens is 282 g/mol. The van der Waals surface area contributed by atoms with Crippen LogP contribution >= 0.6 is 0 Å². The van der Waals surface area contributed by atoms with Gasteiger partial charge < -0.3 is 15.4 Å². The van der Waals surface area contributed by atoms with Gasteiger partial charge in [0.05, 0.1) is 13.2 Å². The van der Waals surface area contributed by atoms with Gasteiger partial charge in [-0.05, 0) is 18.1 Å². The molecular formula is C15H25N5O2. The first-order chi connectivity index (χ1) is 10.6. The maximum Gasteiger partial charge on any atom is 0.271 e. The van der Waals surface area contributed by atoms with E-state index < -0.39 is 0 Å². The van der Waals surface area contributed by atoms with Crippen molar-refractivity contribution in [1.82, 2.24) is 20.4 Å². The number of aromatic nitrogens is 2. The molecule has 1 amide bonds. The summed E-state index contributed by atoms with van der Waals surface area (Å²) < 4.78 is 5.31. The van der Waals surface area contributed by atoms with Gasteiger partial charge in [-0.25, -0.2) is 0 Å². The quantitative estimate of drug-likeness (QED) is 0.768. The Labute approximate surface area is 131 Å². The number of rotatable bonds is 7. The first kappa shape index (κ1) is 16.6. The van der Waals surface area contributed by atoms with Gasteiger partial charge >= 0.3 is 0 Å². The number of nitrogens with one attached hydrogen (secondary N) is 2. The van der Waals surface area contributed by atoms with E-state index in [-0.39, 0.29) is 5.91 Å². The zero-order chi connectivity index (χ0) is 15.8. The lowest BCUT2D eigenvalue weighted by molar-refractivity contribution is 0.0398. The van der Waals surface area contributed by atoms with Gasteiger partial charge in [0.1, 0.15) is 5.82 Å². The molecule has 1 aromatic rings. The lowest BCUT2D eigenvalue weighted by atomic mass is 10.2. The van der Waals surface area contributed by atoms with Crippen molar-refractivity contribution < 1.29 is 9.53 Å². The van der Waals surface area contributed by atoms with Crippen LogP contribution < -0.4 is 10.6 Å². The molecule has 0 spiro atoms. The molecule has 7 heteroatoms. The van der Waals surface area contributed by atoms with Crippen LogP contribution in [-0.4, -0.2) is 66.9 Å². The van der Waals surface area contributed by atoms with Crippen molar-refractivity contribution in [3.05, 3.63) is 17.8 Å². The van der Waals surface area contributed by atoms with E-state index in [9.17, 15) is 4.79 Å². The highest BCUT2D eigenvalue weighted by Gasteiger charge is 2.10. The minimum absolute atomic E-state index is 0.180. The van der Waals surface area contributed by atoms with Gasteiger partial charge in [0.15, 0.2) is 5.69 Å². The van der Waals surface area contributed by atoms with Crippen LogP contribution in [0.4, 0.5) is 5.82 Å². The number of amides is 1. The summed E-state index contributed by atoms with van der Waals surface area (Å²) in [6.45, 7) is 10.0. The highest BCUT2D eigenvalue weighted by atomic mass is 16.5. The first-order valence-electron chi connectivity index (χ1n) is 7.81. The third-order valence-electron chi connectivity index (χ3n) is 3.41. The molecule has 1 aromatic heterocycles. The minimum atomic E-state index is -0.180. The van der Waals surface area contributed by atoms with Gasteiger partial charge in [0.2, 0.25) is 0 Å². The Balaban J connectivity index is 1.72. The van der Waals surface area contributed by atoms with Gasteiger partial charge in [-0.1, -0.05) is 13.8 Å². The van der Waals surface area contributed by atoms with Crippen LogP contribution in [0.25, 0.3) is 0 Å². The summed E-state index contributed by atoms with van der Waals surface area (Å²) >= 11 is 0. The Morgan fingerprint density at radius 2 is 2.09 bits per heavy atom. The fraction of sp³-hybridized carbons (Fsp3) is 0.667. The molecule has 0 aromatic carbocycles. The number of carbonyl (C=O) groups is 1. The minimum Gasteiger partial charge on any atom is -0.379 e. The first-order valence-corrected chi connectivity index (χ1v) is 7.81. The average Bonchev–Trinajstić information content (AvgIpc) is 2.54. The van der Waals surface area contributed by atoms with E-state index in [0.717, 1.165) is 39.4 Å². The zero-order valence-electron chi connectivity index (χ0n) is 13.3. The topological polar surface area (TPSA) is 79.4 Å². The molecule has 22 heavy (non-hydrogen) atoms. The van der Waals surface area contributed by atoms with Crippen LogP contribution in [0.5, 0.6) is 0 Å². The maximum atomic E-state index is 11.8. The van der Waals surface area contributed by atoms with E-state index in [0.29, 0.717) is 24.0 Å². The molecule has 0 radical (unpaired) electrons. The Hall–Kier alpha value is -1.73. The molecule has 0 saturated carbocycles. The maximum absolute atomic E-state index is 11.8. The molecule has 1 aliphatic heterocycles. The Kier molecular flexibility index (Phi) is 6.54. The average molecular weight is 307 g/mol. The predicted molar refractivity (Wildman–Crippen MR) is 85.0 cm³/mol. The molecule has 0 atom stereocenters. The Morgan fingerprint density at radius 1 is 1.32 bits per heavy atom. The van der Waals surface area contributed by atoms with Crippen LogP contribution in [0.3, 0.4) is 0 Å². The van der Waals surface area contributed by atoms with E-state index in [4.69, 9.17) is 4.74 Å². The summed E-state index contributed by atoms with van der Waals surface area (Å²) in [7, 11) is 0. The normalized spacial score (nSPS) is 15.8. The Bertz CT molecular complexity index is 458. The number of nitrogens with zero attached hydrogens (tertiary/aromatic N) is 3. The van der Waals surface area contributed by atoms with E-state index in [1.807, 2.05) is 13.8 Å². The van der Waals surface area contributed by atoms with Crippen molar-refractivity contribution in [2.45, 2.75) is 13.8 Å². The number of hydrogen-bond donors (Lipinski definition) is 2. The van der Waals surface area contributed by atoms with Crippen LogP contribution in [0.2, 0.25) is 0 Å². The summed E-state index contributed by atoms with van der Waals surface area (Å²) in [5.41, 5.74) is 0.347. The van der Waals surface area contributed by atoms with Gasteiger partial charge in [-0.3, -0.25) is 9.69 Å². The number of hydrogen-bond acceptors (Lipinski definition) is 6. The largest absolute Gasteiger partial charge is 0.379 e. The van der Waals surface area contributed by atoms with E-state index in [2.05, 4.69) is 25.7 Å².